The number of benzene rings is 2. The standard InChI is InChI=1S/C26H28N2/c1-2-5-21(6-3-1)25(26-15-18-11-19(16-26)13-20(12-18)17-26)28-23-8-9-24-22(14-23)7-4-10-27-24/h1-10,14,18-20,25,28H,11-13,15-17H2. The molecule has 0 aliphatic heterocycles. The molecule has 1 unspecified atom stereocenters. The van der Waals surface area contributed by atoms with E-state index in [0.717, 1.165) is 23.3 Å². The Balaban J connectivity index is 1.41. The molecule has 4 aliphatic carbocycles. The number of fused-ring (bicyclic) bond motifs is 1. The van der Waals surface area contributed by atoms with E-state index in [1.165, 1.54) is 55.2 Å². The predicted molar refractivity (Wildman–Crippen MR) is 115 cm³/mol. The third-order valence-electron chi connectivity index (χ3n) is 7.74. The van der Waals surface area contributed by atoms with Gasteiger partial charge in [-0.05, 0) is 91.5 Å². The van der Waals surface area contributed by atoms with E-state index in [4.69, 9.17) is 0 Å². The Morgan fingerprint density at radius 3 is 2.25 bits per heavy atom. The topological polar surface area (TPSA) is 24.9 Å². The Hall–Kier alpha value is -2.35. The minimum Gasteiger partial charge on any atom is -0.378 e. The molecule has 0 amide bonds. The highest BCUT2D eigenvalue weighted by Gasteiger charge is 2.54. The number of hydrogen-bond acceptors (Lipinski definition) is 2. The lowest BCUT2D eigenvalue weighted by Crippen LogP contribution is -2.50. The van der Waals surface area contributed by atoms with Gasteiger partial charge in [-0.1, -0.05) is 36.4 Å². The molecule has 1 aromatic heterocycles. The van der Waals surface area contributed by atoms with Crippen LogP contribution in [0.1, 0.15) is 50.1 Å². The zero-order valence-corrected chi connectivity index (χ0v) is 16.4. The van der Waals surface area contributed by atoms with E-state index in [1.807, 2.05) is 12.3 Å². The summed E-state index contributed by atoms with van der Waals surface area (Å²) in [6.07, 6.45) is 10.5. The molecule has 0 spiro atoms. The maximum Gasteiger partial charge on any atom is 0.0703 e. The highest BCUT2D eigenvalue weighted by Crippen LogP contribution is 2.64. The van der Waals surface area contributed by atoms with Crippen LogP contribution in [0.2, 0.25) is 0 Å². The molecule has 4 aliphatic rings. The van der Waals surface area contributed by atoms with E-state index in [-0.39, 0.29) is 0 Å². The van der Waals surface area contributed by atoms with Crippen molar-refractivity contribution in [2.24, 2.45) is 23.2 Å². The Morgan fingerprint density at radius 2 is 1.54 bits per heavy atom. The van der Waals surface area contributed by atoms with Crippen molar-refractivity contribution in [1.82, 2.24) is 4.98 Å². The molecule has 4 bridgehead atoms. The van der Waals surface area contributed by atoms with Crippen LogP contribution in [0.25, 0.3) is 10.9 Å². The first-order chi connectivity index (χ1) is 13.8. The molecule has 1 N–H and O–H groups in total. The van der Waals surface area contributed by atoms with Crippen molar-refractivity contribution in [3.63, 3.8) is 0 Å². The van der Waals surface area contributed by atoms with Gasteiger partial charge >= 0.3 is 0 Å². The van der Waals surface area contributed by atoms with Gasteiger partial charge in [0.25, 0.3) is 0 Å². The lowest BCUT2D eigenvalue weighted by molar-refractivity contribution is -0.0639. The molecule has 4 saturated carbocycles. The van der Waals surface area contributed by atoms with Crippen LogP contribution in [0.5, 0.6) is 0 Å². The Bertz CT molecular complexity index is 958. The van der Waals surface area contributed by atoms with Crippen LogP contribution in [0.3, 0.4) is 0 Å². The van der Waals surface area contributed by atoms with Gasteiger partial charge in [-0.3, -0.25) is 4.98 Å². The lowest BCUT2D eigenvalue weighted by Gasteiger charge is -2.59. The first-order valence-corrected chi connectivity index (χ1v) is 10.9. The Kier molecular flexibility index (Phi) is 3.75. The van der Waals surface area contributed by atoms with Crippen molar-refractivity contribution in [3.05, 3.63) is 72.4 Å². The van der Waals surface area contributed by atoms with Crippen molar-refractivity contribution in [2.45, 2.75) is 44.6 Å². The van der Waals surface area contributed by atoms with Gasteiger partial charge in [0.15, 0.2) is 0 Å². The highest BCUT2D eigenvalue weighted by molar-refractivity contribution is 5.82. The van der Waals surface area contributed by atoms with Crippen LogP contribution >= 0.6 is 0 Å². The van der Waals surface area contributed by atoms with Crippen molar-refractivity contribution in [1.29, 1.82) is 0 Å². The summed E-state index contributed by atoms with van der Waals surface area (Å²) in [4.78, 5) is 4.49. The second kappa shape index (κ2) is 6.34. The molecule has 3 aromatic rings. The number of rotatable bonds is 4. The molecule has 2 heteroatoms. The number of pyridine rings is 1. The van der Waals surface area contributed by atoms with Gasteiger partial charge in [0.1, 0.15) is 0 Å². The fourth-order valence-electron chi connectivity index (χ4n) is 7.10. The van der Waals surface area contributed by atoms with E-state index in [0.29, 0.717) is 11.5 Å². The number of aromatic nitrogens is 1. The maximum atomic E-state index is 4.49. The van der Waals surface area contributed by atoms with Crippen LogP contribution in [0, 0.1) is 23.2 Å². The average Bonchev–Trinajstić information content (AvgIpc) is 2.71. The Labute approximate surface area is 167 Å². The Morgan fingerprint density at radius 1 is 0.821 bits per heavy atom. The molecule has 1 heterocycles. The largest absolute Gasteiger partial charge is 0.378 e. The summed E-state index contributed by atoms with van der Waals surface area (Å²) in [7, 11) is 0. The second-order valence-corrected chi connectivity index (χ2v) is 9.68. The van der Waals surface area contributed by atoms with Crippen LogP contribution in [0.4, 0.5) is 5.69 Å². The number of anilines is 1. The molecule has 0 radical (unpaired) electrons. The van der Waals surface area contributed by atoms with Crippen LogP contribution in [0.15, 0.2) is 66.9 Å². The first kappa shape index (κ1) is 16.6. The fourth-order valence-corrected chi connectivity index (χ4v) is 7.10. The third kappa shape index (κ3) is 2.73. The summed E-state index contributed by atoms with van der Waals surface area (Å²) in [6, 6.07) is 22.4. The zero-order valence-electron chi connectivity index (χ0n) is 16.4. The molecule has 28 heavy (non-hydrogen) atoms. The van der Waals surface area contributed by atoms with Crippen LogP contribution in [-0.2, 0) is 0 Å². The van der Waals surface area contributed by atoms with E-state index in [2.05, 4.69) is 64.9 Å². The van der Waals surface area contributed by atoms with Crippen LogP contribution < -0.4 is 5.32 Å². The van der Waals surface area contributed by atoms with Gasteiger partial charge in [0.05, 0.1) is 11.6 Å². The van der Waals surface area contributed by atoms with Crippen molar-refractivity contribution in [2.75, 3.05) is 5.32 Å². The van der Waals surface area contributed by atoms with Crippen molar-refractivity contribution in [3.8, 4) is 0 Å². The smallest absolute Gasteiger partial charge is 0.0703 e. The number of nitrogens with zero attached hydrogens (tertiary/aromatic N) is 1. The quantitative estimate of drug-likeness (QED) is 0.561. The molecule has 2 nitrogen and oxygen atoms in total. The normalized spacial score (nSPS) is 31.8. The first-order valence-electron chi connectivity index (χ1n) is 10.9. The minimum absolute atomic E-state index is 0.399. The maximum absolute atomic E-state index is 4.49. The third-order valence-corrected chi connectivity index (χ3v) is 7.74. The molecule has 2 aromatic carbocycles. The second-order valence-electron chi connectivity index (χ2n) is 9.68. The number of nitrogens with one attached hydrogen (secondary N) is 1. The summed E-state index contributed by atoms with van der Waals surface area (Å²) in [5, 5.41) is 5.23. The molecule has 4 fully saturated rings. The summed E-state index contributed by atoms with van der Waals surface area (Å²) in [5.74, 6) is 2.88. The van der Waals surface area contributed by atoms with Crippen molar-refractivity contribution < 1.29 is 0 Å². The minimum atomic E-state index is 0.399. The highest BCUT2D eigenvalue weighted by atomic mass is 15.0. The molecular formula is C26H28N2. The SMILES string of the molecule is c1ccc(C(Nc2ccc3ncccc3c2)C23CC4CC(CC(C4)C2)C3)cc1. The van der Waals surface area contributed by atoms with Gasteiger partial charge in [-0.2, -0.15) is 0 Å². The monoisotopic (exact) mass is 368 g/mol. The van der Waals surface area contributed by atoms with E-state index >= 15 is 0 Å². The summed E-state index contributed by atoms with van der Waals surface area (Å²) in [5.41, 5.74) is 4.17. The number of hydrogen-bond donors (Lipinski definition) is 1. The molecular weight excluding hydrogens is 340 g/mol. The fraction of sp³-hybridized carbons (Fsp3) is 0.423. The van der Waals surface area contributed by atoms with Gasteiger partial charge in [-0.25, -0.2) is 0 Å². The molecule has 7 rings (SSSR count). The molecule has 1 atom stereocenters. The predicted octanol–water partition coefficient (Wildman–Crippen LogP) is 6.60. The van der Waals surface area contributed by atoms with E-state index in [9.17, 15) is 0 Å². The van der Waals surface area contributed by atoms with Gasteiger partial charge < -0.3 is 5.32 Å². The van der Waals surface area contributed by atoms with Gasteiger partial charge in [-0.15, -0.1) is 0 Å². The van der Waals surface area contributed by atoms with Crippen LogP contribution in [-0.4, -0.2) is 4.98 Å². The van der Waals surface area contributed by atoms with E-state index in [1.54, 1.807) is 0 Å². The lowest BCUT2D eigenvalue weighted by atomic mass is 9.47. The molecule has 0 saturated heterocycles. The zero-order chi connectivity index (χ0) is 18.6. The van der Waals surface area contributed by atoms with Gasteiger partial charge in [0, 0.05) is 17.3 Å². The van der Waals surface area contributed by atoms with E-state index < -0.39 is 0 Å². The molecule has 142 valence electrons. The average molecular weight is 369 g/mol. The summed E-state index contributed by atoms with van der Waals surface area (Å²) in [6.45, 7) is 0. The van der Waals surface area contributed by atoms with Gasteiger partial charge in [0.2, 0.25) is 0 Å². The summed E-state index contributed by atoms with van der Waals surface area (Å²) >= 11 is 0. The van der Waals surface area contributed by atoms with Crippen molar-refractivity contribution >= 4 is 16.6 Å². The summed E-state index contributed by atoms with van der Waals surface area (Å²) < 4.78 is 0.